The molecule has 1 saturated carbocycles. The second-order valence-electron chi connectivity index (χ2n) is 7.92. The fourth-order valence-corrected chi connectivity index (χ4v) is 3.33. The van der Waals surface area contributed by atoms with Crippen molar-refractivity contribution in [1.82, 2.24) is 35.2 Å². The summed E-state index contributed by atoms with van der Waals surface area (Å²) in [6.07, 6.45) is 4.90. The molecule has 1 aromatic rings. The van der Waals surface area contributed by atoms with Crippen LogP contribution in [0.2, 0.25) is 0 Å². The summed E-state index contributed by atoms with van der Waals surface area (Å²) >= 11 is 0. The molecule has 0 aromatic carbocycles. The number of aromatic nitrogens is 3. The number of piperazine rings is 1. The zero-order valence-corrected chi connectivity index (χ0v) is 17.7. The van der Waals surface area contributed by atoms with Gasteiger partial charge in [0.1, 0.15) is 12.2 Å². The van der Waals surface area contributed by atoms with Gasteiger partial charge in [0, 0.05) is 51.7 Å². The van der Waals surface area contributed by atoms with E-state index in [0.29, 0.717) is 19.1 Å². The van der Waals surface area contributed by atoms with Crippen LogP contribution in [-0.2, 0) is 17.8 Å². The highest BCUT2D eigenvalue weighted by molar-refractivity contribution is 5.80. The highest BCUT2D eigenvalue weighted by Crippen LogP contribution is 2.18. The number of rotatable bonds is 9. The summed E-state index contributed by atoms with van der Waals surface area (Å²) in [5.74, 6) is 2.04. The molecule has 3 rings (SSSR count). The Balaban J connectivity index is 1.48. The van der Waals surface area contributed by atoms with Crippen LogP contribution in [0.4, 0.5) is 0 Å². The predicted octanol–water partition coefficient (Wildman–Crippen LogP) is 0.258. The molecule has 2 fully saturated rings. The second kappa shape index (κ2) is 10.4. The van der Waals surface area contributed by atoms with Crippen molar-refractivity contribution in [1.29, 1.82) is 0 Å². The average Bonchev–Trinajstić information content (AvgIpc) is 3.39. The van der Waals surface area contributed by atoms with Crippen LogP contribution in [0.25, 0.3) is 0 Å². The Hall–Kier alpha value is -2.42. The van der Waals surface area contributed by atoms with Crippen molar-refractivity contribution in [2.24, 2.45) is 4.99 Å². The Morgan fingerprint density at radius 2 is 2.07 bits per heavy atom. The first kappa shape index (κ1) is 21.3. The highest BCUT2D eigenvalue weighted by atomic mass is 16.2. The number of aryl methyl sites for hydroxylation is 1. The Labute approximate surface area is 173 Å². The van der Waals surface area contributed by atoms with E-state index in [2.05, 4.69) is 48.7 Å². The zero-order valence-electron chi connectivity index (χ0n) is 17.7. The van der Waals surface area contributed by atoms with Crippen LogP contribution in [0.3, 0.4) is 0 Å². The first-order valence-corrected chi connectivity index (χ1v) is 10.6. The largest absolute Gasteiger partial charge is 0.354 e. The van der Waals surface area contributed by atoms with Crippen molar-refractivity contribution in [2.75, 3.05) is 45.8 Å². The van der Waals surface area contributed by atoms with Gasteiger partial charge in [0.05, 0.1) is 13.1 Å². The number of carbonyl (C=O) groups is 1. The molecule has 2 heterocycles. The van der Waals surface area contributed by atoms with Gasteiger partial charge in [-0.1, -0.05) is 19.1 Å². The molecule has 0 radical (unpaired) electrons. The minimum absolute atomic E-state index is 0.149. The fraction of sp³-hybridized carbons (Fsp3) is 0.700. The Morgan fingerprint density at radius 3 is 2.72 bits per heavy atom. The third-order valence-corrected chi connectivity index (χ3v) is 5.13. The third-order valence-electron chi connectivity index (χ3n) is 5.13. The van der Waals surface area contributed by atoms with E-state index >= 15 is 0 Å². The van der Waals surface area contributed by atoms with Crippen LogP contribution in [-0.4, -0.2) is 88.3 Å². The quantitative estimate of drug-likeness (QED) is 0.350. The van der Waals surface area contributed by atoms with E-state index < -0.39 is 0 Å². The molecule has 0 unspecified atom stereocenters. The van der Waals surface area contributed by atoms with Crippen molar-refractivity contribution >= 4 is 11.9 Å². The minimum Gasteiger partial charge on any atom is -0.354 e. The van der Waals surface area contributed by atoms with Gasteiger partial charge in [0.2, 0.25) is 5.91 Å². The first-order chi connectivity index (χ1) is 14.0. The third kappa shape index (κ3) is 6.85. The van der Waals surface area contributed by atoms with Gasteiger partial charge in [-0.3, -0.25) is 9.69 Å². The number of amides is 1. The molecule has 160 valence electrons. The van der Waals surface area contributed by atoms with E-state index in [1.807, 2.05) is 6.92 Å². The number of carbonyl (C=O) groups excluding carboxylic acids is 1. The number of aliphatic imine (C=N–C) groups is 1. The predicted molar refractivity (Wildman–Crippen MR) is 114 cm³/mol. The first-order valence-electron chi connectivity index (χ1n) is 10.6. The molecule has 0 spiro atoms. The lowest BCUT2D eigenvalue weighted by Crippen LogP contribution is -2.54. The molecule has 1 aromatic heterocycles. The summed E-state index contributed by atoms with van der Waals surface area (Å²) < 4.78 is 2.07. The van der Waals surface area contributed by atoms with Gasteiger partial charge in [0.25, 0.3) is 0 Å². The van der Waals surface area contributed by atoms with E-state index in [9.17, 15) is 4.79 Å². The van der Waals surface area contributed by atoms with Crippen LogP contribution >= 0.6 is 0 Å². The number of hydrogen-bond acceptors (Lipinski definition) is 5. The summed E-state index contributed by atoms with van der Waals surface area (Å²) in [5.41, 5.74) is 1.03. The van der Waals surface area contributed by atoms with E-state index in [4.69, 9.17) is 4.99 Å². The molecule has 2 aliphatic rings. The summed E-state index contributed by atoms with van der Waals surface area (Å²) in [6.45, 7) is 14.1. The molecule has 1 saturated heterocycles. The highest BCUT2D eigenvalue weighted by Gasteiger charge is 2.26. The Kier molecular flexibility index (Phi) is 7.62. The smallest absolute Gasteiger partial charge is 0.234 e. The van der Waals surface area contributed by atoms with Crippen LogP contribution in [0.5, 0.6) is 0 Å². The van der Waals surface area contributed by atoms with E-state index in [1.165, 1.54) is 0 Å². The summed E-state index contributed by atoms with van der Waals surface area (Å²) in [4.78, 5) is 21.3. The van der Waals surface area contributed by atoms with Gasteiger partial charge in [-0.15, -0.1) is 10.2 Å². The molecule has 29 heavy (non-hydrogen) atoms. The van der Waals surface area contributed by atoms with Crippen molar-refractivity contribution < 1.29 is 4.79 Å². The Morgan fingerprint density at radius 1 is 1.31 bits per heavy atom. The van der Waals surface area contributed by atoms with Crippen LogP contribution in [0.15, 0.2) is 23.5 Å². The van der Waals surface area contributed by atoms with Crippen molar-refractivity contribution in [2.45, 2.75) is 45.7 Å². The number of guanidine groups is 1. The molecule has 1 amide bonds. The fourth-order valence-electron chi connectivity index (χ4n) is 3.33. The normalized spacial score (nSPS) is 18.0. The molecule has 9 nitrogen and oxygen atoms in total. The molecular weight excluding hydrogens is 368 g/mol. The van der Waals surface area contributed by atoms with E-state index in [-0.39, 0.29) is 5.91 Å². The van der Waals surface area contributed by atoms with Gasteiger partial charge >= 0.3 is 0 Å². The van der Waals surface area contributed by atoms with Gasteiger partial charge in [-0.2, -0.15) is 0 Å². The SMILES string of the molecule is C=C(C)CN=C(NCCn1cnnc1CC)N1CCN(CC(=O)NC2CC2)CC1. The van der Waals surface area contributed by atoms with Crippen LogP contribution in [0.1, 0.15) is 32.5 Å². The topological polar surface area (TPSA) is 90.7 Å². The molecule has 0 bridgehead atoms. The minimum atomic E-state index is 0.149. The standard InChI is InChI=1S/C20H34N8O/c1-4-18-25-23-15-28(18)8-7-21-20(22-13-16(2)3)27-11-9-26(10-12-27)14-19(29)24-17-5-6-17/h15,17H,2,4-14H2,1,3H3,(H,21,22)(H,24,29). The number of hydrogen-bond donors (Lipinski definition) is 2. The molecule has 9 heteroatoms. The Bertz CT molecular complexity index is 716. The van der Waals surface area contributed by atoms with Gasteiger partial charge in [-0.05, 0) is 19.8 Å². The number of nitrogens with one attached hydrogen (secondary N) is 2. The number of nitrogens with zero attached hydrogens (tertiary/aromatic N) is 6. The van der Waals surface area contributed by atoms with E-state index in [1.54, 1.807) is 6.33 Å². The summed E-state index contributed by atoms with van der Waals surface area (Å²) in [7, 11) is 0. The van der Waals surface area contributed by atoms with Crippen molar-refractivity contribution in [3.05, 3.63) is 24.3 Å². The molecule has 0 atom stereocenters. The van der Waals surface area contributed by atoms with Crippen molar-refractivity contribution in [3.63, 3.8) is 0 Å². The van der Waals surface area contributed by atoms with Gasteiger partial charge in [0.15, 0.2) is 5.96 Å². The second-order valence-corrected chi connectivity index (χ2v) is 7.92. The molecule has 1 aliphatic heterocycles. The lowest BCUT2D eigenvalue weighted by atomic mass is 10.3. The maximum Gasteiger partial charge on any atom is 0.234 e. The molecular formula is C20H34N8O. The maximum atomic E-state index is 12.0. The average molecular weight is 403 g/mol. The summed E-state index contributed by atoms with van der Waals surface area (Å²) in [5, 5.41) is 14.7. The maximum absolute atomic E-state index is 12.0. The lowest BCUT2D eigenvalue weighted by molar-refractivity contribution is -0.122. The molecule has 2 N–H and O–H groups in total. The molecule has 1 aliphatic carbocycles. The van der Waals surface area contributed by atoms with Gasteiger partial charge in [-0.25, -0.2) is 4.99 Å². The van der Waals surface area contributed by atoms with Crippen LogP contribution in [0, 0.1) is 0 Å². The van der Waals surface area contributed by atoms with Gasteiger partial charge < -0.3 is 20.1 Å². The van der Waals surface area contributed by atoms with Crippen molar-refractivity contribution in [3.8, 4) is 0 Å². The summed E-state index contributed by atoms with van der Waals surface area (Å²) in [6, 6.07) is 0.424. The van der Waals surface area contributed by atoms with Crippen LogP contribution < -0.4 is 10.6 Å². The lowest BCUT2D eigenvalue weighted by Gasteiger charge is -2.36. The zero-order chi connectivity index (χ0) is 20.6. The monoisotopic (exact) mass is 402 g/mol. The van der Waals surface area contributed by atoms with E-state index in [0.717, 1.165) is 75.9 Å².